The van der Waals surface area contributed by atoms with Crippen molar-refractivity contribution in [1.29, 1.82) is 0 Å². The van der Waals surface area contributed by atoms with E-state index in [-0.39, 0.29) is 6.04 Å². The first kappa shape index (κ1) is 15.0. The molecule has 1 unspecified atom stereocenters. The zero-order valence-electron chi connectivity index (χ0n) is 11.3. The Kier molecular flexibility index (Phi) is 4.34. The Balaban J connectivity index is 2.46. The minimum atomic E-state index is -3.52. The van der Waals surface area contributed by atoms with Crippen molar-refractivity contribution in [3.05, 3.63) is 11.4 Å². The maximum Gasteiger partial charge on any atom is 0.247 e. The fourth-order valence-electron chi connectivity index (χ4n) is 2.32. The van der Waals surface area contributed by atoms with E-state index in [1.807, 2.05) is 0 Å². The van der Waals surface area contributed by atoms with Crippen LogP contribution in [0.15, 0.2) is 4.90 Å². The quantitative estimate of drug-likeness (QED) is 0.756. The van der Waals surface area contributed by atoms with Crippen molar-refractivity contribution in [3.8, 4) is 0 Å². The summed E-state index contributed by atoms with van der Waals surface area (Å²) in [6.07, 6.45) is 0. The van der Waals surface area contributed by atoms with Gasteiger partial charge < -0.3 is 4.74 Å². The van der Waals surface area contributed by atoms with E-state index in [1.165, 1.54) is 4.31 Å². The summed E-state index contributed by atoms with van der Waals surface area (Å²) in [6.45, 7) is 4.73. The molecule has 8 heteroatoms. The average molecular weight is 352 g/mol. The molecule has 0 saturated carbocycles. The smallest absolute Gasteiger partial charge is 0.247 e. The van der Waals surface area contributed by atoms with Crippen LogP contribution in [0.3, 0.4) is 0 Å². The summed E-state index contributed by atoms with van der Waals surface area (Å²) in [6, 6.07) is -0.169. The zero-order valence-corrected chi connectivity index (χ0v) is 13.7. The first-order chi connectivity index (χ1) is 8.89. The molecule has 108 valence electrons. The van der Waals surface area contributed by atoms with Gasteiger partial charge in [0.2, 0.25) is 10.0 Å². The number of nitrogens with zero attached hydrogens (tertiary/aromatic N) is 3. The van der Waals surface area contributed by atoms with Gasteiger partial charge in [-0.3, -0.25) is 4.68 Å². The summed E-state index contributed by atoms with van der Waals surface area (Å²) in [7, 11) is -1.77. The molecule has 1 aliphatic rings. The van der Waals surface area contributed by atoms with Crippen LogP contribution in [0.2, 0.25) is 0 Å². The van der Waals surface area contributed by atoms with Gasteiger partial charge in [-0.15, -0.1) is 0 Å². The maximum absolute atomic E-state index is 12.8. The molecule has 6 nitrogen and oxygen atoms in total. The number of sulfonamides is 1. The molecule has 19 heavy (non-hydrogen) atoms. The Bertz CT molecular complexity index is 570. The minimum absolute atomic E-state index is 0.169. The lowest BCUT2D eigenvalue weighted by molar-refractivity contribution is 0.0412. The predicted octanol–water partition coefficient (Wildman–Crippen LogP) is 0.821. The molecule has 2 rings (SSSR count). The number of morpholine rings is 1. The molecule has 1 aliphatic heterocycles. The molecule has 0 spiro atoms. The molecule has 0 N–H and O–H groups in total. The summed E-state index contributed by atoms with van der Waals surface area (Å²) in [5.41, 5.74) is 1.21. The maximum atomic E-state index is 12.8. The molecule has 1 aromatic rings. The standard InChI is InChI=1S/C11H18BrN3O3S/c1-8-11(9(2)14(3)13-8)19(16,17)15-4-5-18-7-10(15)6-12/h10H,4-7H2,1-3H3. The summed E-state index contributed by atoms with van der Waals surface area (Å²) in [4.78, 5) is 0.322. The summed E-state index contributed by atoms with van der Waals surface area (Å²) in [5.74, 6) is 0. The Hall–Kier alpha value is -0.440. The number of alkyl halides is 1. The van der Waals surface area contributed by atoms with E-state index in [9.17, 15) is 8.42 Å². The van der Waals surface area contributed by atoms with E-state index in [0.717, 1.165) is 0 Å². The summed E-state index contributed by atoms with van der Waals surface area (Å²) in [5, 5.41) is 4.75. The summed E-state index contributed by atoms with van der Waals surface area (Å²) >= 11 is 3.35. The molecular formula is C11H18BrN3O3S. The van der Waals surface area contributed by atoms with Crippen LogP contribution in [0.4, 0.5) is 0 Å². The van der Waals surface area contributed by atoms with Gasteiger partial charge in [0.15, 0.2) is 0 Å². The molecule has 1 aromatic heterocycles. The van der Waals surface area contributed by atoms with Crippen LogP contribution in [0, 0.1) is 13.8 Å². The number of aryl methyl sites for hydroxylation is 2. The molecule has 1 fully saturated rings. The lowest BCUT2D eigenvalue weighted by atomic mass is 10.3. The lowest BCUT2D eigenvalue weighted by Gasteiger charge is -2.33. The Morgan fingerprint density at radius 1 is 1.47 bits per heavy atom. The largest absolute Gasteiger partial charge is 0.378 e. The van der Waals surface area contributed by atoms with E-state index in [4.69, 9.17) is 4.74 Å². The zero-order chi connectivity index (χ0) is 14.2. The van der Waals surface area contributed by atoms with Gasteiger partial charge in [-0.1, -0.05) is 15.9 Å². The average Bonchev–Trinajstić information content (AvgIpc) is 2.63. The highest BCUT2D eigenvalue weighted by Crippen LogP contribution is 2.26. The molecule has 0 amide bonds. The van der Waals surface area contributed by atoms with E-state index >= 15 is 0 Å². The Morgan fingerprint density at radius 3 is 2.68 bits per heavy atom. The highest BCUT2D eigenvalue weighted by molar-refractivity contribution is 9.09. The van der Waals surface area contributed by atoms with Gasteiger partial charge >= 0.3 is 0 Å². The highest BCUT2D eigenvalue weighted by atomic mass is 79.9. The third-order valence-electron chi connectivity index (χ3n) is 3.36. The predicted molar refractivity (Wildman–Crippen MR) is 75.0 cm³/mol. The van der Waals surface area contributed by atoms with Crippen molar-refractivity contribution in [2.45, 2.75) is 24.8 Å². The van der Waals surface area contributed by atoms with Crippen molar-refractivity contribution in [3.63, 3.8) is 0 Å². The van der Waals surface area contributed by atoms with Crippen LogP contribution in [-0.2, 0) is 21.8 Å². The number of halogens is 1. The van der Waals surface area contributed by atoms with Gasteiger partial charge in [0, 0.05) is 18.9 Å². The fourth-order valence-corrected chi connectivity index (χ4v) is 5.05. The molecule has 2 heterocycles. The van der Waals surface area contributed by atoms with Crippen LogP contribution in [0.1, 0.15) is 11.4 Å². The summed E-state index contributed by atoms with van der Waals surface area (Å²) < 4.78 is 34.1. The van der Waals surface area contributed by atoms with E-state index < -0.39 is 10.0 Å². The number of ether oxygens (including phenoxy) is 1. The Morgan fingerprint density at radius 2 is 2.16 bits per heavy atom. The van der Waals surface area contributed by atoms with Gasteiger partial charge in [-0.05, 0) is 13.8 Å². The molecular weight excluding hydrogens is 334 g/mol. The third kappa shape index (κ3) is 2.58. The minimum Gasteiger partial charge on any atom is -0.378 e. The van der Waals surface area contributed by atoms with Gasteiger partial charge in [-0.25, -0.2) is 8.42 Å². The van der Waals surface area contributed by atoms with Gasteiger partial charge in [-0.2, -0.15) is 9.40 Å². The van der Waals surface area contributed by atoms with Crippen LogP contribution in [0.5, 0.6) is 0 Å². The van der Waals surface area contributed by atoms with Gasteiger partial charge in [0.25, 0.3) is 0 Å². The van der Waals surface area contributed by atoms with Crippen LogP contribution >= 0.6 is 15.9 Å². The molecule has 0 bridgehead atoms. The second kappa shape index (κ2) is 5.51. The van der Waals surface area contributed by atoms with Crippen molar-refractivity contribution < 1.29 is 13.2 Å². The monoisotopic (exact) mass is 351 g/mol. The highest BCUT2D eigenvalue weighted by Gasteiger charge is 2.36. The molecule has 1 saturated heterocycles. The van der Waals surface area contributed by atoms with Gasteiger partial charge in [0.05, 0.1) is 30.6 Å². The van der Waals surface area contributed by atoms with Crippen LogP contribution in [-0.4, -0.2) is 53.6 Å². The van der Waals surface area contributed by atoms with Crippen molar-refractivity contribution in [1.82, 2.24) is 14.1 Å². The van der Waals surface area contributed by atoms with Gasteiger partial charge in [0.1, 0.15) is 4.90 Å². The van der Waals surface area contributed by atoms with Crippen molar-refractivity contribution in [2.75, 3.05) is 25.1 Å². The topological polar surface area (TPSA) is 64.4 Å². The molecule has 0 aromatic carbocycles. The second-order valence-corrected chi connectivity index (χ2v) is 7.10. The first-order valence-corrected chi connectivity index (χ1v) is 8.61. The fraction of sp³-hybridized carbons (Fsp3) is 0.727. The SMILES string of the molecule is Cc1nn(C)c(C)c1S(=O)(=O)N1CCOCC1CBr. The first-order valence-electron chi connectivity index (χ1n) is 6.05. The van der Waals surface area contributed by atoms with E-state index in [0.29, 0.717) is 41.4 Å². The Labute approximate surface area is 121 Å². The normalized spacial score (nSPS) is 21.8. The van der Waals surface area contributed by atoms with Crippen LogP contribution in [0.25, 0.3) is 0 Å². The third-order valence-corrected chi connectivity index (χ3v) is 6.31. The molecule has 0 aliphatic carbocycles. The molecule has 0 radical (unpaired) electrons. The number of hydrogen-bond donors (Lipinski definition) is 0. The number of hydrogen-bond acceptors (Lipinski definition) is 4. The van der Waals surface area contributed by atoms with Crippen LogP contribution < -0.4 is 0 Å². The van der Waals surface area contributed by atoms with E-state index in [2.05, 4.69) is 21.0 Å². The molecule has 1 atom stereocenters. The lowest BCUT2D eigenvalue weighted by Crippen LogP contribution is -2.49. The number of rotatable bonds is 3. The van der Waals surface area contributed by atoms with E-state index in [1.54, 1.807) is 25.6 Å². The number of aromatic nitrogens is 2. The second-order valence-electron chi connectivity index (χ2n) is 4.62. The van der Waals surface area contributed by atoms with Crippen molar-refractivity contribution >= 4 is 26.0 Å². The van der Waals surface area contributed by atoms with Crippen molar-refractivity contribution in [2.24, 2.45) is 7.05 Å².